The van der Waals surface area contributed by atoms with Gasteiger partial charge in [-0.1, -0.05) is 34.5 Å². The van der Waals surface area contributed by atoms with Gasteiger partial charge in [0.1, 0.15) is 10.3 Å². The van der Waals surface area contributed by atoms with Crippen molar-refractivity contribution in [3.8, 4) is 5.82 Å². The molecule has 2 N–H and O–H groups in total. The van der Waals surface area contributed by atoms with Crippen LogP contribution in [0.2, 0.25) is 5.02 Å². The van der Waals surface area contributed by atoms with Crippen LogP contribution in [0.4, 0.5) is 5.69 Å². The molecule has 0 unspecified atom stereocenters. The van der Waals surface area contributed by atoms with Crippen molar-refractivity contribution in [3.63, 3.8) is 0 Å². The number of halogens is 4. The molecule has 2 heterocycles. The van der Waals surface area contributed by atoms with Crippen molar-refractivity contribution in [1.29, 1.82) is 0 Å². The van der Waals surface area contributed by atoms with Crippen molar-refractivity contribution < 1.29 is 9.59 Å². The molecular formula is C20H18Br3ClN6O2. The summed E-state index contributed by atoms with van der Waals surface area (Å²) < 4.78 is 3.00. The van der Waals surface area contributed by atoms with Crippen molar-refractivity contribution in [1.82, 2.24) is 25.2 Å². The van der Waals surface area contributed by atoms with Gasteiger partial charge in [0.15, 0.2) is 5.82 Å². The second-order valence-corrected chi connectivity index (χ2v) is 9.39. The summed E-state index contributed by atoms with van der Waals surface area (Å²) in [6.07, 6.45) is 1.56. The van der Waals surface area contributed by atoms with Crippen molar-refractivity contribution in [2.45, 2.75) is 13.8 Å². The molecule has 32 heavy (non-hydrogen) atoms. The van der Waals surface area contributed by atoms with Crippen LogP contribution in [-0.4, -0.2) is 44.7 Å². The van der Waals surface area contributed by atoms with Crippen LogP contribution in [0.25, 0.3) is 5.82 Å². The number of anilines is 1. The van der Waals surface area contributed by atoms with Crippen LogP contribution in [0.3, 0.4) is 0 Å². The van der Waals surface area contributed by atoms with Crippen molar-refractivity contribution in [3.05, 3.63) is 66.4 Å². The summed E-state index contributed by atoms with van der Waals surface area (Å²) in [6.45, 7) is 4.78. The minimum atomic E-state index is -0.492. The topological polar surface area (TPSA) is 92.2 Å². The highest BCUT2D eigenvalue weighted by Crippen LogP contribution is 2.32. The lowest BCUT2D eigenvalue weighted by Gasteiger charge is -2.23. The summed E-state index contributed by atoms with van der Waals surface area (Å²) in [6, 6.07) is 8.30. The zero-order chi connectivity index (χ0) is 23.4. The average Bonchev–Trinajstić information content (AvgIpc) is 3.15. The predicted octanol–water partition coefficient (Wildman–Crippen LogP) is 5.45. The summed E-state index contributed by atoms with van der Waals surface area (Å²) in [5.41, 5.74) is 3.84. The van der Waals surface area contributed by atoms with E-state index in [1.807, 2.05) is 13.8 Å². The van der Waals surface area contributed by atoms with Crippen LogP contribution in [0, 0.1) is 0 Å². The van der Waals surface area contributed by atoms with Crippen LogP contribution >= 0.6 is 59.4 Å². The van der Waals surface area contributed by atoms with Crippen molar-refractivity contribution in [2.75, 3.05) is 18.4 Å². The third-order valence-electron chi connectivity index (χ3n) is 4.29. The third-order valence-corrected chi connectivity index (χ3v) is 6.05. The van der Waals surface area contributed by atoms with E-state index in [1.165, 1.54) is 9.69 Å². The molecule has 0 bridgehead atoms. The maximum atomic E-state index is 13.3. The fourth-order valence-electron chi connectivity index (χ4n) is 2.92. The number of carbonyl (C=O) groups excluding carboxylic acids is 2. The normalized spacial score (nSPS) is 10.8. The molecule has 0 fully saturated rings. The second kappa shape index (κ2) is 10.9. The van der Waals surface area contributed by atoms with Crippen molar-refractivity contribution in [2.24, 2.45) is 0 Å². The van der Waals surface area contributed by atoms with Gasteiger partial charge in [0, 0.05) is 34.3 Å². The van der Waals surface area contributed by atoms with E-state index >= 15 is 0 Å². The smallest absolute Gasteiger partial charge is 0.274 e. The predicted molar refractivity (Wildman–Crippen MR) is 134 cm³/mol. The first kappa shape index (κ1) is 24.8. The van der Waals surface area contributed by atoms with Crippen LogP contribution < -0.4 is 10.7 Å². The summed E-state index contributed by atoms with van der Waals surface area (Å²) in [4.78, 5) is 30.7. The van der Waals surface area contributed by atoms with Crippen LogP contribution in [0.1, 0.15) is 34.7 Å². The van der Waals surface area contributed by atoms with Crippen LogP contribution in [-0.2, 0) is 0 Å². The monoisotopic (exact) mass is 646 g/mol. The van der Waals surface area contributed by atoms with Crippen LogP contribution in [0.15, 0.2) is 50.1 Å². The van der Waals surface area contributed by atoms with Gasteiger partial charge in [0.2, 0.25) is 0 Å². The van der Waals surface area contributed by atoms with Gasteiger partial charge in [-0.15, -0.1) is 0 Å². The van der Waals surface area contributed by atoms with E-state index in [1.54, 1.807) is 36.5 Å². The van der Waals surface area contributed by atoms with E-state index in [0.717, 1.165) is 0 Å². The zero-order valence-electron chi connectivity index (χ0n) is 17.0. The Bertz CT molecular complexity index is 1170. The Morgan fingerprint density at radius 2 is 1.94 bits per heavy atom. The molecule has 168 valence electrons. The maximum absolute atomic E-state index is 13.3. The number of benzene rings is 1. The Balaban J connectivity index is 2.03. The molecule has 0 saturated heterocycles. The molecule has 0 atom stereocenters. The minimum Gasteiger partial charge on any atom is -0.319 e. The summed E-state index contributed by atoms with van der Waals surface area (Å²) in [5, 5.41) is 8.94. The number of nitrogens with one attached hydrogen (secondary N) is 2. The highest BCUT2D eigenvalue weighted by atomic mass is 79.9. The van der Waals surface area contributed by atoms with Gasteiger partial charge in [-0.05, 0) is 63.0 Å². The minimum absolute atomic E-state index is 0.185. The van der Waals surface area contributed by atoms with E-state index < -0.39 is 5.91 Å². The molecule has 2 amide bonds. The highest BCUT2D eigenvalue weighted by molar-refractivity contribution is 9.11. The average molecular weight is 650 g/mol. The molecule has 0 aliphatic rings. The Kier molecular flexibility index (Phi) is 8.45. The molecule has 0 aliphatic carbocycles. The first-order valence-electron chi connectivity index (χ1n) is 9.49. The van der Waals surface area contributed by atoms with E-state index in [-0.39, 0.29) is 11.6 Å². The van der Waals surface area contributed by atoms with Gasteiger partial charge in [0.25, 0.3) is 11.8 Å². The van der Waals surface area contributed by atoms with Gasteiger partial charge in [-0.3, -0.25) is 14.6 Å². The molecule has 12 heteroatoms. The molecular weight excluding hydrogens is 631 g/mol. The highest BCUT2D eigenvalue weighted by Gasteiger charge is 2.24. The summed E-state index contributed by atoms with van der Waals surface area (Å²) >= 11 is 16.4. The zero-order valence-corrected chi connectivity index (χ0v) is 22.5. The third kappa shape index (κ3) is 5.40. The lowest BCUT2D eigenvalue weighted by Crippen LogP contribution is -2.42. The second-order valence-electron chi connectivity index (χ2n) is 6.40. The molecule has 0 saturated carbocycles. The van der Waals surface area contributed by atoms with Crippen molar-refractivity contribution >= 4 is 76.9 Å². The molecule has 3 aromatic rings. The number of pyridine rings is 1. The molecule has 1 aromatic carbocycles. The summed E-state index contributed by atoms with van der Waals surface area (Å²) in [5.74, 6) is -0.469. The largest absolute Gasteiger partial charge is 0.319 e. The van der Waals surface area contributed by atoms with E-state index in [0.29, 0.717) is 48.7 Å². The van der Waals surface area contributed by atoms with Gasteiger partial charge in [-0.2, -0.15) is 5.10 Å². The number of nitrogens with zero attached hydrogens (tertiary/aromatic N) is 4. The van der Waals surface area contributed by atoms with Gasteiger partial charge >= 0.3 is 0 Å². The van der Waals surface area contributed by atoms with Gasteiger partial charge in [-0.25, -0.2) is 15.1 Å². The fraction of sp³-hybridized carbons (Fsp3) is 0.200. The number of hydrazine groups is 1. The van der Waals surface area contributed by atoms with E-state index in [4.69, 9.17) is 11.6 Å². The molecule has 0 aliphatic heterocycles. The standard InChI is InChI=1S/C20H18Br3ClN6O2/c1-3-26-29(4-2)20(32)12-8-11(21)9-13(22)17(12)27-19(31)15-10-16(23)28-30(15)18-14(24)6-5-7-25-18/h5-10,26H,3-4H2,1-2H3,(H,27,31). The van der Waals surface area contributed by atoms with E-state index in [9.17, 15) is 9.59 Å². The number of hydrogen-bond donors (Lipinski definition) is 2. The van der Waals surface area contributed by atoms with Gasteiger partial charge in [0.05, 0.1) is 16.3 Å². The van der Waals surface area contributed by atoms with Gasteiger partial charge < -0.3 is 5.32 Å². The maximum Gasteiger partial charge on any atom is 0.274 e. The quantitative estimate of drug-likeness (QED) is 0.333. The number of rotatable bonds is 7. The first-order chi connectivity index (χ1) is 15.3. The Morgan fingerprint density at radius 1 is 1.19 bits per heavy atom. The molecule has 8 nitrogen and oxygen atoms in total. The first-order valence-corrected chi connectivity index (χ1v) is 12.2. The van der Waals surface area contributed by atoms with Crippen LogP contribution in [0.5, 0.6) is 0 Å². The number of carbonyl (C=O) groups is 2. The summed E-state index contributed by atoms with van der Waals surface area (Å²) in [7, 11) is 0. The lowest BCUT2D eigenvalue weighted by molar-refractivity contribution is 0.0677. The lowest BCUT2D eigenvalue weighted by atomic mass is 10.1. The molecule has 3 rings (SSSR count). The Hall–Kier alpha value is -1.79. The molecule has 0 radical (unpaired) electrons. The molecule has 0 spiro atoms. The number of aromatic nitrogens is 3. The van der Waals surface area contributed by atoms with E-state index in [2.05, 4.69) is 68.6 Å². The molecule has 2 aromatic heterocycles. The fourth-order valence-corrected chi connectivity index (χ4v) is 4.82. The Morgan fingerprint density at radius 3 is 2.59 bits per heavy atom. The number of hydrogen-bond acceptors (Lipinski definition) is 5. The SMILES string of the molecule is CCNN(CC)C(=O)c1cc(Br)cc(Br)c1NC(=O)c1cc(Br)nn1-c1ncccc1Cl. The number of amides is 2. The Labute approximate surface area is 215 Å².